The van der Waals surface area contributed by atoms with Crippen LogP contribution in [0.5, 0.6) is 11.5 Å². The van der Waals surface area contributed by atoms with Gasteiger partial charge in [0.25, 0.3) is 12.5 Å². The Hall–Kier alpha value is -4.04. The second-order valence-corrected chi connectivity index (χ2v) is 5.21. The van der Waals surface area contributed by atoms with Crippen molar-refractivity contribution >= 4 is 11.9 Å². The van der Waals surface area contributed by atoms with Crippen molar-refractivity contribution in [3.63, 3.8) is 0 Å². The van der Waals surface area contributed by atoms with Gasteiger partial charge in [-0.15, -0.1) is 10.5 Å². The van der Waals surface area contributed by atoms with E-state index in [0.717, 1.165) is 0 Å². The van der Waals surface area contributed by atoms with Gasteiger partial charge in [0.2, 0.25) is 0 Å². The molecule has 27 heavy (non-hydrogen) atoms. The van der Waals surface area contributed by atoms with Gasteiger partial charge in [-0.1, -0.05) is 12.1 Å². The van der Waals surface area contributed by atoms with Crippen molar-refractivity contribution in [1.29, 1.82) is 10.5 Å². The van der Waals surface area contributed by atoms with Gasteiger partial charge in [-0.3, -0.25) is 0 Å². The molecule has 2 aromatic carbocycles. The van der Waals surface area contributed by atoms with Gasteiger partial charge in [-0.05, 0) is 41.8 Å². The van der Waals surface area contributed by atoms with Crippen LogP contribution in [0.4, 0.5) is 0 Å². The third-order valence-electron chi connectivity index (χ3n) is 3.62. The van der Waals surface area contributed by atoms with E-state index in [9.17, 15) is 9.59 Å². The van der Waals surface area contributed by atoms with Gasteiger partial charge < -0.3 is 18.9 Å². The normalized spacial score (nSPS) is 9.48. The molecule has 0 spiro atoms. The number of rotatable bonds is 6. The molecular weight excluding hydrogens is 352 g/mol. The topological polar surface area (TPSA) is 119 Å². The molecule has 0 aromatic heterocycles. The summed E-state index contributed by atoms with van der Waals surface area (Å²) >= 11 is 0. The SMILES string of the molecule is COC(=O)c1cc(Cc2ccc(OC#N)c(C(=O)OC)c2)ccc1OC#N. The van der Waals surface area contributed by atoms with Crippen LogP contribution in [0, 0.1) is 23.0 Å². The summed E-state index contributed by atoms with van der Waals surface area (Å²) in [4.78, 5) is 23.8. The van der Waals surface area contributed by atoms with Crippen molar-refractivity contribution in [3.8, 4) is 24.0 Å². The fraction of sp³-hybridized carbons (Fsp3) is 0.158. The Morgan fingerprint density at radius 2 is 1.22 bits per heavy atom. The van der Waals surface area contributed by atoms with E-state index in [-0.39, 0.29) is 22.6 Å². The largest absolute Gasteiger partial charge is 0.465 e. The fourth-order valence-corrected chi connectivity index (χ4v) is 2.43. The van der Waals surface area contributed by atoms with Crippen molar-refractivity contribution in [2.45, 2.75) is 6.42 Å². The molecule has 0 saturated heterocycles. The van der Waals surface area contributed by atoms with Crippen LogP contribution in [0.15, 0.2) is 36.4 Å². The maximum absolute atomic E-state index is 11.9. The molecule has 0 aliphatic rings. The highest BCUT2D eigenvalue weighted by Crippen LogP contribution is 2.25. The van der Waals surface area contributed by atoms with Crippen LogP contribution in [-0.4, -0.2) is 26.2 Å². The monoisotopic (exact) mass is 366 g/mol. The highest BCUT2D eigenvalue weighted by Gasteiger charge is 2.17. The maximum Gasteiger partial charge on any atom is 0.341 e. The Kier molecular flexibility index (Phi) is 6.34. The Balaban J connectivity index is 2.39. The molecule has 8 nitrogen and oxygen atoms in total. The lowest BCUT2D eigenvalue weighted by molar-refractivity contribution is 0.0589. The smallest absolute Gasteiger partial charge is 0.341 e. The molecule has 2 aromatic rings. The van der Waals surface area contributed by atoms with Crippen LogP contribution in [0.25, 0.3) is 0 Å². The van der Waals surface area contributed by atoms with E-state index in [4.69, 9.17) is 29.5 Å². The summed E-state index contributed by atoms with van der Waals surface area (Å²) < 4.78 is 18.9. The summed E-state index contributed by atoms with van der Waals surface area (Å²) in [5, 5.41) is 17.4. The molecule has 2 rings (SSSR count). The Morgan fingerprint density at radius 1 is 0.815 bits per heavy atom. The molecule has 0 heterocycles. The molecule has 8 heteroatoms. The fourth-order valence-electron chi connectivity index (χ4n) is 2.43. The van der Waals surface area contributed by atoms with Gasteiger partial charge >= 0.3 is 11.9 Å². The highest BCUT2D eigenvalue weighted by atomic mass is 16.5. The van der Waals surface area contributed by atoms with E-state index < -0.39 is 11.9 Å². The Bertz CT molecular complexity index is 878. The summed E-state index contributed by atoms with van der Waals surface area (Å²) in [5.74, 6) is -1.12. The van der Waals surface area contributed by atoms with Crippen molar-refractivity contribution in [1.82, 2.24) is 0 Å². The van der Waals surface area contributed by atoms with E-state index in [1.54, 1.807) is 12.1 Å². The van der Waals surface area contributed by atoms with Gasteiger partial charge in [-0.25, -0.2) is 9.59 Å². The first-order valence-corrected chi connectivity index (χ1v) is 7.58. The third-order valence-corrected chi connectivity index (χ3v) is 3.62. The van der Waals surface area contributed by atoms with Crippen molar-refractivity contribution < 1.29 is 28.5 Å². The average molecular weight is 366 g/mol. The van der Waals surface area contributed by atoms with Gasteiger partial charge in [-0.2, -0.15) is 0 Å². The van der Waals surface area contributed by atoms with Crippen LogP contribution in [-0.2, 0) is 15.9 Å². The number of ether oxygens (including phenoxy) is 4. The first-order valence-electron chi connectivity index (χ1n) is 7.58. The quantitative estimate of drug-likeness (QED) is 0.565. The standard InChI is InChI=1S/C19H14N2O6/c1-24-18(22)14-8-12(3-5-16(14)26-10-20)7-13-4-6-17(27-11-21)15(9-13)19(23)25-2/h3-6,8-9H,7H2,1-2H3. The molecule has 0 N–H and O–H groups in total. The zero-order valence-corrected chi connectivity index (χ0v) is 14.5. The van der Waals surface area contributed by atoms with Gasteiger partial charge in [0.1, 0.15) is 11.1 Å². The minimum absolute atomic E-state index is 0.0844. The predicted octanol–water partition coefficient (Wildman–Crippen LogP) is 2.57. The molecule has 136 valence electrons. The summed E-state index contributed by atoms with van der Waals surface area (Å²) in [7, 11) is 2.45. The highest BCUT2D eigenvalue weighted by molar-refractivity contribution is 5.93. The third kappa shape index (κ3) is 4.53. The van der Waals surface area contributed by atoms with E-state index >= 15 is 0 Å². The zero-order valence-electron chi connectivity index (χ0n) is 14.5. The number of esters is 2. The minimum Gasteiger partial charge on any atom is -0.465 e. The summed E-state index contributed by atoms with van der Waals surface area (Å²) in [6.45, 7) is 0. The number of nitrogens with zero attached hydrogens (tertiary/aromatic N) is 2. The molecule has 0 aliphatic carbocycles. The van der Waals surface area contributed by atoms with Crippen LogP contribution in [0.3, 0.4) is 0 Å². The van der Waals surface area contributed by atoms with Crippen LogP contribution < -0.4 is 9.47 Å². The van der Waals surface area contributed by atoms with E-state index in [1.807, 2.05) is 0 Å². The number of carbonyl (C=O) groups excluding carboxylic acids is 2. The number of nitriles is 2. The summed E-state index contributed by atoms with van der Waals surface area (Å²) in [6, 6.07) is 9.40. The number of hydrogen-bond donors (Lipinski definition) is 0. The lowest BCUT2D eigenvalue weighted by Crippen LogP contribution is -2.06. The van der Waals surface area contributed by atoms with Crippen molar-refractivity contribution in [2.24, 2.45) is 0 Å². The van der Waals surface area contributed by atoms with Crippen molar-refractivity contribution in [2.75, 3.05) is 14.2 Å². The zero-order chi connectivity index (χ0) is 19.8. The molecule has 0 amide bonds. The van der Waals surface area contributed by atoms with Crippen molar-refractivity contribution in [3.05, 3.63) is 58.7 Å². The van der Waals surface area contributed by atoms with Crippen LogP contribution in [0.2, 0.25) is 0 Å². The second-order valence-electron chi connectivity index (χ2n) is 5.21. The molecule has 0 radical (unpaired) electrons. The van der Waals surface area contributed by atoms with E-state index in [0.29, 0.717) is 17.5 Å². The van der Waals surface area contributed by atoms with Gasteiger partial charge in [0.05, 0.1) is 14.2 Å². The first-order chi connectivity index (χ1) is 13.0. The van der Waals surface area contributed by atoms with Gasteiger partial charge in [0, 0.05) is 0 Å². The first kappa shape index (κ1) is 19.3. The second kappa shape index (κ2) is 8.88. The minimum atomic E-state index is -0.643. The Labute approximate surface area is 155 Å². The molecule has 0 fully saturated rings. The summed E-state index contributed by atoms with van der Waals surface area (Å²) in [5.41, 5.74) is 1.64. The molecule has 0 bridgehead atoms. The number of hydrogen-bond acceptors (Lipinski definition) is 8. The van der Waals surface area contributed by atoms with E-state index in [1.165, 1.54) is 51.0 Å². The lowest BCUT2D eigenvalue weighted by Gasteiger charge is -2.10. The maximum atomic E-state index is 11.9. The molecule has 0 unspecified atom stereocenters. The predicted molar refractivity (Wildman–Crippen MR) is 90.9 cm³/mol. The van der Waals surface area contributed by atoms with Gasteiger partial charge in [0.15, 0.2) is 11.5 Å². The molecule has 0 saturated carbocycles. The molecular formula is C19H14N2O6. The average Bonchev–Trinajstić information content (AvgIpc) is 2.69. The van der Waals surface area contributed by atoms with E-state index in [2.05, 4.69) is 0 Å². The number of carbonyl (C=O) groups is 2. The number of methoxy groups -OCH3 is 2. The van der Waals surface area contributed by atoms with Crippen LogP contribution in [0.1, 0.15) is 31.8 Å². The molecule has 0 aliphatic heterocycles. The lowest BCUT2D eigenvalue weighted by atomic mass is 10.00. The number of benzene rings is 2. The molecule has 0 atom stereocenters. The Morgan fingerprint density at radius 3 is 1.56 bits per heavy atom. The van der Waals surface area contributed by atoms with Crippen LogP contribution >= 0.6 is 0 Å². The summed E-state index contributed by atoms with van der Waals surface area (Å²) in [6.07, 6.45) is 3.39.